The molecule has 0 fully saturated rings. The summed E-state index contributed by atoms with van der Waals surface area (Å²) in [4.78, 5) is 32.1. The zero-order chi connectivity index (χ0) is 10.3. The average Bonchev–Trinajstić information content (AvgIpc) is 2.10. The second kappa shape index (κ2) is 6.16. The normalized spacial score (nSPS) is 9.08. The molecule has 74 valence electrons. The van der Waals surface area contributed by atoms with Crippen molar-refractivity contribution in [3.05, 3.63) is 0 Å². The molecule has 0 aliphatic heterocycles. The fourth-order valence-corrected chi connectivity index (χ4v) is 0.645. The molecule has 0 radical (unpaired) electrons. The van der Waals surface area contributed by atoms with Crippen molar-refractivity contribution in [2.45, 2.75) is 19.8 Å². The van der Waals surface area contributed by atoms with Crippen molar-refractivity contribution in [2.24, 2.45) is 0 Å². The van der Waals surface area contributed by atoms with Gasteiger partial charge in [0.05, 0.1) is 6.54 Å². The minimum atomic E-state index is -0.279. The molecule has 0 heterocycles. The lowest BCUT2D eigenvalue weighted by Crippen LogP contribution is -2.35. The Morgan fingerprint density at radius 2 is 1.69 bits per heavy atom. The van der Waals surface area contributed by atoms with Crippen LogP contribution in [-0.2, 0) is 14.4 Å². The maximum atomic E-state index is 10.9. The molecule has 0 aromatic carbocycles. The molecule has 0 atom stereocenters. The molecule has 0 aliphatic rings. The maximum absolute atomic E-state index is 10.9. The van der Waals surface area contributed by atoms with Gasteiger partial charge in [-0.2, -0.15) is 0 Å². The van der Waals surface area contributed by atoms with Gasteiger partial charge in [-0.05, 0) is 6.92 Å². The van der Waals surface area contributed by atoms with Crippen LogP contribution in [0, 0.1) is 0 Å². The molecule has 2 N–H and O–H groups in total. The highest BCUT2D eigenvalue weighted by molar-refractivity contribution is 5.87. The van der Waals surface area contributed by atoms with E-state index in [1.165, 1.54) is 14.0 Å². The lowest BCUT2D eigenvalue weighted by molar-refractivity contribution is -0.127. The Kier molecular flexibility index (Phi) is 5.50. The second-order valence-electron chi connectivity index (χ2n) is 2.65. The number of ketones is 1. The standard InChI is InChI=1S/C8H14N2O3/c1-6(11)3-4-7(12)10-5-8(13)9-2/h3-5H2,1-2H3,(H,9,13)(H,10,12). The molecule has 0 aromatic heterocycles. The minimum Gasteiger partial charge on any atom is -0.358 e. The Morgan fingerprint density at radius 1 is 1.08 bits per heavy atom. The summed E-state index contributed by atoms with van der Waals surface area (Å²) in [6, 6.07) is 0. The second-order valence-corrected chi connectivity index (χ2v) is 2.65. The third-order valence-electron chi connectivity index (χ3n) is 1.43. The zero-order valence-corrected chi connectivity index (χ0v) is 7.85. The number of rotatable bonds is 5. The summed E-state index contributed by atoms with van der Waals surface area (Å²) in [5.74, 6) is -0.565. The highest BCUT2D eigenvalue weighted by Crippen LogP contribution is 1.89. The number of hydrogen-bond donors (Lipinski definition) is 2. The van der Waals surface area contributed by atoms with Gasteiger partial charge in [0.15, 0.2) is 0 Å². The monoisotopic (exact) mass is 186 g/mol. The largest absolute Gasteiger partial charge is 0.358 e. The van der Waals surface area contributed by atoms with E-state index in [1.54, 1.807) is 0 Å². The third-order valence-corrected chi connectivity index (χ3v) is 1.43. The van der Waals surface area contributed by atoms with Crippen LogP contribution in [0.5, 0.6) is 0 Å². The van der Waals surface area contributed by atoms with Crippen molar-refractivity contribution in [1.82, 2.24) is 10.6 Å². The molecule has 5 nitrogen and oxygen atoms in total. The van der Waals surface area contributed by atoms with E-state index in [9.17, 15) is 14.4 Å². The number of carbonyl (C=O) groups is 3. The molecular weight excluding hydrogens is 172 g/mol. The van der Waals surface area contributed by atoms with Crippen molar-refractivity contribution in [3.63, 3.8) is 0 Å². The summed E-state index contributed by atoms with van der Waals surface area (Å²) in [5.41, 5.74) is 0. The van der Waals surface area contributed by atoms with Gasteiger partial charge in [0.1, 0.15) is 5.78 Å². The number of likely N-dealkylation sites (N-methyl/N-ethyl adjacent to an activating group) is 1. The Balaban J connectivity index is 3.52. The quantitative estimate of drug-likeness (QED) is 0.591. The Hall–Kier alpha value is -1.39. The fourth-order valence-electron chi connectivity index (χ4n) is 0.645. The first-order valence-corrected chi connectivity index (χ1v) is 4.03. The first kappa shape index (κ1) is 11.6. The van der Waals surface area contributed by atoms with E-state index < -0.39 is 0 Å². The summed E-state index contributed by atoms with van der Waals surface area (Å²) in [6.45, 7) is 1.39. The van der Waals surface area contributed by atoms with Gasteiger partial charge < -0.3 is 15.4 Å². The van der Waals surface area contributed by atoms with Crippen molar-refractivity contribution in [2.75, 3.05) is 13.6 Å². The Labute approximate surface area is 76.9 Å². The van der Waals surface area contributed by atoms with E-state index in [1.807, 2.05) is 0 Å². The van der Waals surface area contributed by atoms with Gasteiger partial charge in [-0.15, -0.1) is 0 Å². The van der Waals surface area contributed by atoms with E-state index >= 15 is 0 Å². The lowest BCUT2D eigenvalue weighted by atomic mass is 10.2. The number of Topliss-reactive ketones (excluding diaryl/α,β-unsaturated/α-hetero) is 1. The lowest BCUT2D eigenvalue weighted by Gasteiger charge is -2.02. The zero-order valence-electron chi connectivity index (χ0n) is 7.85. The van der Waals surface area contributed by atoms with Crippen LogP contribution in [0.15, 0.2) is 0 Å². The summed E-state index contributed by atoms with van der Waals surface area (Å²) in [7, 11) is 1.49. The molecule has 0 saturated heterocycles. The van der Waals surface area contributed by atoms with Crippen molar-refractivity contribution < 1.29 is 14.4 Å². The molecule has 2 amide bonds. The molecule has 0 saturated carbocycles. The van der Waals surface area contributed by atoms with Gasteiger partial charge in [0.25, 0.3) is 0 Å². The minimum absolute atomic E-state index is 0.0323. The molecule has 0 aliphatic carbocycles. The van der Waals surface area contributed by atoms with Crippen LogP contribution in [0.4, 0.5) is 0 Å². The number of nitrogens with one attached hydrogen (secondary N) is 2. The van der Waals surface area contributed by atoms with E-state index in [0.29, 0.717) is 0 Å². The average molecular weight is 186 g/mol. The molecule has 0 unspecified atom stereocenters. The van der Waals surface area contributed by atoms with Crippen LogP contribution in [0.25, 0.3) is 0 Å². The molecule has 0 bridgehead atoms. The van der Waals surface area contributed by atoms with Crippen LogP contribution in [0.3, 0.4) is 0 Å². The fraction of sp³-hybridized carbons (Fsp3) is 0.625. The van der Waals surface area contributed by atoms with Crippen LogP contribution in [0.2, 0.25) is 0 Å². The summed E-state index contributed by atoms with van der Waals surface area (Å²) in [5, 5.41) is 4.75. The van der Waals surface area contributed by atoms with E-state index in [-0.39, 0.29) is 37.0 Å². The number of carbonyl (C=O) groups excluding carboxylic acids is 3. The molecule has 13 heavy (non-hydrogen) atoms. The molecule has 0 aromatic rings. The number of hydrogen-bond acceptors (Lipinski definition) is 3. The van der Waals surface area contributed by atoms with Gasteiger partial charge in [0.2, 0.25) is 11.8 Å². The predicted octanol–water partition coefficient (Wildman–Crippen LogP) is -0.782. The maximum Gasteiger partial charge on any atom is 0.239 e. The first-order valence-electron chi connectivity index (χ1n) is 4.03. The molecular formula is C8H14N2O3. The predicted molar refractivity (Wildman–Crippen MR) is 47.0 cm³/mol. The van der Waals surface area contributed by atoms with Gasteiger partial charge in [-0.1, -0.05) is 0 Å². The van der Waals surface area contributed by atoms with Crippen LogP contribution in [-0.4, -0.2) is 31.2 Å². The number of amides is 2. The van der Waals surface area contributed by atoms with Crippen molar-refractivity contribution in [3.8, 4) is 0 Å². The van der Waals surface area contributed by atoms with E-state index in [4.69, 9.17) is 0 Å². The summed E-state index contributed by atoms with van der Waals surface area (Å²) in [6.07, 6.45) is 0.367. The highest BCUT2D eigenvalue weighted by Gasteiger charge is 2.04. The Bertz CT molecular complexity index is 213. The van der Waals surface area contributed by atoms with Gasteiger partial charge in [-0.25, -0.2) is 0 Å². The Morgan fingerprint density at radius 3 is 2.15 bits per heavy atom. The highest BCUT2D eigenvalue weighted by atomic mass is 16.2. The van der Waals surface area contributed by atoms with Crippen LogP contribution >= 0.6 is 0 Å². The summed E-state index contributed by atoms with van der Waals surface area (Å²) < 4.78 is 0. The first-order chi connectivity index (χ1) is 6.06. The van der Waals surface area contributed by atoms with Gasteiger partial charge in [-0.3, -0.25) is 9.59 Å². The van der Waals surface area contributed by atoms with Gasteiger partial charge >= 0.3 is 0 Å². The van der Waals surface area contributed by atoms with E-state index in [2.05, 4.69) is 10.6 Å². The molecule has 0 rings (SSSR count). The van der Waals surface area contributed by atoms with Gasteiger partial charge in [0, 0.05) is 19.9 Å². The van der Waals surface area contributed by atoms with Crippen molar-refractivity contribution >= 4 is 17.6 Å². The van der Waals surface area contributed by atoms with Crippen LogP contribution < -0.4 is 10.6 Å². The van der Waals surface area contributed by atoms with Crippen LogP contribution in [0.1, 0.15) is 19.8 Å². The molecule has 0 spiro atoms. The molecule has 5 heteroatoms. The summed E-state index contributed by atoms with van der Waals surface area (Å²) >= 11 is 0. The van der Waals surface area contributed by atoms with E-state index in [0.717, 1.165) is 0 Å². The third kappa shape index (κ3) is 6.99. The SMILES string of the molecule is CNC(=O)CNC(=O)CCC(C)=O. The van der Waals surface area contributed by atoms with Crippen molar-refractivity contribution in [1.29, 1.82) is 0 Å². The topological polar surface area (TPSA) is 75.3 Å². The smallest absolute Gasteiger partial charge is 0.239 e.